The number of benzene rings is 3. The van der Waals surface area contributed by atoms with Crippen molar-refractivity contribution in [2.45, 2.75) is 6.54 Å². The van der Waals surface area contributed by atoms with Crippen molar-refractivity contribution in [3.8, 4) is 11.1 Å². The Morgan fingerprint density at radius 1 is 0.867 bits per heavy atom. The average molecular weight is 415 g/mol. The third-order valence-corrected chi connectivity index (χ3v) is 6.69. The summed E-state index contributed by atoms with van der Waals surface area (Å²) < 4.78 is 0. The Hall–Kier alpha value is -2.89. The minimum atomic E-state index is -0.191. The van der Waals surface area contributed by atoms with Gasteiger partial charge in [-0.15, -0.1) is 0 Å². The third-order valence-electron chi connectivity index (χ3n) is 5.75. The molecule has 5 rings (SSSR count). The Labute approximate surface area is 180 Å². The predicted molar refractivity (Wildman–Crippen MR) is 122 cm³/mol. The van der Waals surface area contributed by atoms with Gasteiger partial charge in [0, 0.05) is 53.5 Å². The molecule has 1 fully saturated rings. The average Bonchev–Trinajstić information content (AvgIpc) is 3.08. The van der Waals surface area contributed by atoms with Crippen molar-refractivity contribution in [1.82, 2.24) is 4.90 Å². The third kappa shape index (κ3) is 3.55. The fourth-order valence-corrected chi connectivity index (χ4v) is 5.12. The van der Waals surface area contributed by atoms with E-state index in [-0.39, 0.29) is 11.7 Å². The van der Waals surface area contributed by atoms with Gasteiger partial charge < -0.3 is 5.32 Å². The molecule has 4 nitrogen and oxygen atoms in total. The van der Waals surface area contributed by atoms with Crippen molar-refractivity contribution in [2.75, 3.05) is 29.9 Å². The smallest absolute Gasteiger partial charge is 0.255 e. The first kappa shape index (κ1) is 19.1. The normalized spacial score (nSPS) is 15.5. The molecular weight excluding hydrogens is 392 g/mol. The maximum absolute atomic E-state index is 13.0. The second kappa shape index (κ2) is 8.09. The molecule has 0 unspecified atom stereocenters. The lowest BCUT2D eigenvalue weighted by molar-refractivity contribution is 0.102. The maximum atomic E-state index is 13.0. The molecule has 0 radical (unpaired) electrons. The van der Waals surface area contributed by atoms with E-state index < -0.39 is 0 Å². The number of thioether (sulfide) groups is 1. The van der Waals surface area contributed by atoms with E-state index >= 15 is 0 Å². The van der Waals surface area contributed by atoms with Gasteiger partial charge in [0.15, 0.2) is 5.78 Å². The highest BCUT2D eigenvalue weighted by molar-refractivity contribution is 7.99. The quantitative estimate of drug-likeness (QED) is 0.526. The number of nitrogens with one attached hydrogen (secondary N) is 1. The Kier molecular flexibility index (Phi) is 5.15. The first-order valence-electron chi connectivity index (χ1n) is 10.2. The molecule has 0 spiro atoms. The molecule has 3 aromatic rings. The van der Waals surface area contributed by atoms with Crippen LogP contribution in [0.1, 0.15) is 31.8 Å². The topological polar surface area (TPSA) is 49.4 Å². The molecule has 1 aliphatic carbocycles. The SMILES string of the molecule is O=C(Nc1ccccc1CN1CCSCC1)c1ccc2c(c1)C(=O)c1ccccc1-2. The number of rotatable bonds is 4. The lowest BCUT2D eigenvalue weighted by Gasteiger charge is -2.27. The Balaban J connectivity index is 1.38. The van der Waals surface area contributed by atoms with Crippen LogP contribution in [0, 0.1) is 0 Å². The molecule has 0 aromatic heterocycles. The maximum Gasteiger partial charge on any atom is 0.255 e. The molecule has 1 N–H and O–H groups in total. The Morgan fingerprint density at radius 2 is 1.57 bits per heavy atom. The molecule has 0 atom stereocenters. The second-order valence-electron chi connectivity index (χ2n) is 7.63. The van der Waals surface area contributed by atoms with Gasteiger partial charge in [-0.1, -0.05) is 48.5 Å². The van der Waals surface area contributed by atoms with Crippen molar-refractivity contribution in [3.63, 3.8) is 0 Å². The van der Waals surface area contributed by atoms with E-state index in [2.05, 4.69) is 16.3 Å². The fourth-order valence-electron chi connectivity index (χ4n) is 4.14. The Bertz CT molecular complexity index is 1140. The lowest BCUT2D eigenvalue weighted by atomic mass is 10.0. The summed E-state index contributed by atoms with van der Waals surface area (Å²) >= 11 is 1.99. The molecule has 150 valence electrons. The van der Waals surface area contributed by atoms with Crippen molar-refractivity contribution in [1.29, 1.82) is 0 Å². The highest BCUT2D eigenvalue weighted by Crippen LogP contribution is 2.36. The van der Waals surface area contributed by atoms with E-state index in [4.69, 9.17) is 0 Å². The number of anilines is 1. The van der Waals surface area contributed by atoms with Crippen molar-refractivity contribution in [2.24, 2.45) is 0 Å². The van der Waals surface area contributed by atoms with Crippen molar-refractivity contribution >= 4 is 29.1 Å². The van der Waals surface area contributed by atoms with Crippen LogP contribution in [-0.2, 0) is 6.54 Å². The summed E-state index contributed by atoms with van der Waals surface area (Å²) in [4.78, 5) is 28.2. The minimum Gasteiger partial charge on any atom is -0.322 e. The van der Waals surface area contributed by atoms with Crippen LogP contribution in [0.3, 0.4) is 0 Å². The highest BCUT2D eigenvalue weighted by atomic mass is 32.2. The van der Waals surface area contributed by atoms with Crippen LogP contribution in [0.15, 0.2) is 66.7 Å². The molecule has 1 aliphatic heterocycles. The summed E-state index contributed by atoms with van der Waals surface area (Å²) in [6.07, 6.45) is 0. The number of amides is 1. The number of carbonyl (C=O) groups is 2. The fraction of sp³-hybridized carbons (Fsp3) is 0.200. The number of nitrogens with zero attached hydrogens (tertiary/aromatic N) is 1. The summed E-state index contributed by atoms with van der Waals surface area (Å²) in [5, 5.41) is 3.06. The highest BCUT2D eigenvalue weighted by Gasteiger charge is 2.27. The number of hydrogen-bond donors (Lipinski definition) is 1. The van der Waals surface area contributed by atoms with E-state index in [1.807, 2.05) is 60.3 Å². The molecule has 0 bridgehead atoms. The number of para-hydroxylation sites is 1. The van der Waals surface area contributed by atoms with Crippen LogP contribution in [0.4, 0.5) is 5.69 Å². The molecule has 1 amide bonds. The number of ketones is 1. The lowest BCUT2D eigenvalue weighted by Crippen LogP contribution is -2.32. The summed E-state index contributed by atoms with van der Waals surface area (Å²) in [5.41, 5.74) is 5.58. The van der Waals surface area contributed by atoms with E-state index in [1.165, 1.54) is 0 Å². The summed E-state index contributed by atoms with van der Waals surface area (Å²) in [7, 11) is 0. The Morgan fingerprint density at radius 3 is 2.40 bits per heavy atom. The molecule has 2 aliphatic rings. The van der Waals surface area contributed by atoms with Gasteiger partial charge in [-0.05, 0) is 34.9 Å². The largest absolute Gasteiger partial charge is 0.322 e. The molecule has 0 saturated carbocycles. The zero-order chi connectivity index (χ0) is 20.5. The van der Waals surface area contributed by atoms with E-state index in [0.29, 0.717) is 16.7 Å². The van der Waals surface area contributed by atoms with Gasteiger partial charge in [0.2, 0.25) is 0 Å². The van der Waals surface area contributed by atoms with Crippen LogP contribution in [-0.4, -0.2) is 41.2 Å². The van der Waals surface area contributed by atoms with Gasteiger partial charge in [-0.2, -0.15) is 11.8 Å². The van der Waals surface area contributed by atoms with Gasteiger partial charge in [0.05, 0.1) is 0 Å². The van der Waals surface area contributed by atoms with E-state index in [1.54, 1.807) is 12.1 Å². The van der Waals surface area contributed by atoms with Gasteiger partial charge in [0.1, 0.15) is 0 Å². The first-order valence-corrected chi connectivity index (χ1v) is 11.3. The molecule has 3 aromatic carbocycles. The zero-order valence-electron chi connectivity index (χ0n) is 16.6. The summed E-state index contributed by atoms with van der Waals surface area (Å²) in [6.45, 7) is 2.97. The molecule has 1 heterocycles. The minimum absolute atomic E-state index is 0.0152. The van der Waals surface area contributed by atoms with Gasteiger partial charge in [-0.25, -0.2) is 0 Å². The zero-order valence-corrected chi connectivity index (χ0v) is 17.4. The first-order chi connectivity index (χ1) is 14.7. The predicted octanol–water partition coefficient (Wildman–Crippen LogP) is 4.70. The van der Waals surface area contributed by atoms with Crippen molar-refractivity contribution in [3.05, 3.63) is 89.0 Å². The number of carbonyl (C=O) groups excluding carboxylic acids is 2. The standard InChI is InChI=1S/C25H22N2O2S/c28-24-21-7-3-2-6-19(21)20-10-9-17(15-22(20)24)25(29)26-23-8-4-1-5-18(23)16-27-11-13-30-14-12-27/h1-10,15H,11-14,16H2,(H,26,29). The van der Waals surface area contributed by atoms with Gasteiger partial charge in [0.25, 0.3) is 5.91 Å². The number of fused-ring (bicyclic) bond motifs is 3. The van der Waals surface area contributed by atoms with Crippen molar-refractivity contribution < 1.29 is 9.59 Å². The molecule has 5 heteroatoms. The summed E-state index contributed by atoms with van der Waals surface area (Å²) in [6, 6.07) is 21.0. The second-order valence-corrected chi connectivity index (χ2v) is 8.86. The molecular formula is C25H22N2O2S. The van der Waals surface area contributed by atoms with E-state index in [0.717, 1.165) is 53.5 Å². The van der Waals surface area contributed by atoms with E-state index in [9.17, 15) is 9.59 Å². The van der Waals surface area contributed by atoms with Crippen LogP contribution >= 0.6 is 11.8 Å². The van der Waals surface area contributed by atoms with Gasteiger partial charge in [-0.3, -0.25) is 14.5 Å². The van der Waals surface area contributed by atoms with Crippen LogP contribution in [0.5, 0.6) is 0 Å². The molecule has 30 heavy (non-hydrogen) atoms. The summed E-state index contributed by atoms with van der Waals surface area (Å²) in [5.74, 6) is 2.10. The van der Waals surface area contributed by atoms with Crippen LogP contribution in [0.25, 0.3) is 11.1 Å². The monoisotopic (exact) mass is 414 g/mol. The molecule has 1 saturated heterocycles. The van der Waals surface area contributed by atoms with Gasteiger partial charge >= 0.3 is 0 Å². The van der Waals surface area contributed by atoms with Crippen LogP contribution in [0.2, 0.25) is 0 Å². The van der Waals surface area contributed by atoms with Crippen LogP contribution < -0.4 is 5.32 Å². The number of hydrogen-bond acceptors (Lipinski definition) is 4.